The molecule has 6 nitrogen and oxygen atoms in total. The fraction of sp³-hybridized carbons (Fsp3) is 0.111. The molecule has 3 rings (SSSR count). The van der Waals surface area contributed by atoms with Gasteiger partial charge < -0.3 is 5.32 Å². The van der Waals surface area contributed by atoms with Gasteiger partial charge in [-0.25, -0.2) is 0 Å². The van der Waals surface area contributed by atoms with E-state index in [-0.39, 0.29) is 0 Å². The van der Waals surface area contributed by atoms with Crippen molar-refractivity contribution in [1.29, 1.82) is 0 Å². The van der Waals surface area contributed by atoms with Crippen molar-refractivity contribution in [2.24, 2.45) is 0 Å². The second-order valence-electron chi connectivity index (χ2n) is 3.28. The minimum Gasteiger partial charge on any atom is -0.379 e. The number of aromatic nitrogens is 5. The average Bonchev–Trinajstić information content (AvgIpc) is 2.97. The monoisotopic (exact) mass is 232 g/mol. The van der Waals surface area contributed by atoms with Crippen LogP contribution in [-0.2, 0) is 6.54 Å². The van der Waals surface area contributed by atoms with E-state index in [1.165, 1.54) is 11.5 Å². The van der Waals surface area contributed by atoms with E-state index < -0.39 is 0 Å². The lowest BCUT2D eigenvalue weighted by atomic mass is 10.2. The molecule has 3 aromatic rings. The second-order valence-corrected chi connectivity index (χ2v) is 3.89. The summed E-state index contributed by atoms with van der Waals surface area (Å²) < 4.78 is 3.80. The first-order valence-electron chi connectivity index (χ1n) is 4.72. The summed E-state index contributed by atoms with van der Waals surface area (Å²) in [6, 6.07) is 5.82. The Hall–Kier alpha value is -2.02. The predicted octanol–water partition coefficient (Wildman–Crippen LogP) is 1.42. The molecule has 0 amide bonds. The van der Waals surface area contributed by atoms with Gasteiger partial charge in [-0.05, 0) is 29.7 Å². The van der Waals surface area contributed by atoms with E-state index in [0.29, 0.717) is 6.54 Å². The van der Waals surface area contributed by atoms with Gasteiger partial charge in [-0.1, -0.05) is 4.49 Å². The first-order chi connectivity index (χ1) is 7.92. The first-order valence-corrected chi connectivity index (χ1v) is 5.56. The van der Waals surface area contributed by atoms with Crippen LogP contribution in [-0.4, -0.2) is 25.0 Å². The summed E-state index contributed by atoms with van der Waals surface area (Å²) in [7, 11) is 0. The number of benzene rings is 1. The van der Waals surface area contributed by atoms with E-state index in [4.69, 9.17) is 0 Å². The zero-order chi connectivity index (χ0) is 10.8. The number of fused-ring (bicyclic) bond motifs is 1. The van der Waals surface area contributed by atoms with Crippen LogP contribution in [0.15, 0.2) is 23.6 Å². The van der Waals surface area contributed by atoms with E-state index >= 15 is 0 Å². The SMILES string of the molecule is c1cc2n[nH]nc2cc1NCc1csnn1. The number of hydrogen-bond donors (Lipinski definition) is 2. The molecule has 0 radical (unpaired) electrons. The Balaban J connectivity index is 1.78. The molecule has 0 aliphatic heterocycles. The number of rotatable bonds is 3. The Labute approximate surface area is 94.9 Å². The third-order valence-corrected chi connectivity index (χ3v) is 2.75. The predicted molar refractivity (Wildman–Crippen MR) is 61.1 cm³/mol. The molecule has 0 saturated heterocycles. The van der Waals surface area contributed by atoms with E-state index in [1.807, 2.05) is 23.6 Å². The Morgan fingerprint density at radius 2 is 2.19 bits per heavy atom. The van der Waals surface area contributed by atoms with Crippen LogP contribution in [0.3, 0.4) is 0 Å². The summed E-state index contributed by atoms with van der Waals surface area (Å²) in [5.74, 6) is 0. The second kappa shape index (κ2) is 3.86. The minimum atomic E-state index is 0.667. The number of nitrogens with one attached hydrogen (secondary N) is 2. The molecule has 0 bridgehead atoms. The highest BCUT2D eigenvalue weighted by Gasteiger charge is 2.00. The van der Waals surface area contributed by atoms with Crippen molar-refractivity contribution in [3.8, 4) is 0 Å². The summed E-state index contributed by atoms with van der Waals surface area (Å²) in [5, 5.41) is 19.7. The van der Waals surface area contributed by atoms with E-state index in [1.54, 1.807) is 0 Å². The number of anilines is 1. The van der Waals surface area contributed by atoms with Crippen LogP contribution in [0, 0.1) is 0 Å². The van der Waals surface area contributed by atoms with Crippen LogP contribution >= 0.6 is 11.5 Å². The highest BCUT2D eigenvalue weighted by atomic mass is 32.1. The quantitative estimate of drug-likeness (QED) is 0.714. The largest absolute Gasteiger partial charge is 0.379 e. The van der Waals surface area contributed by atoms with Crippen LogP contribution in [0.4, 0.5) is 5.69 Å². The molecule has 2 aromatic heterocycles. The Morgan fingerprint density at radius 1 is 1.25 bits per heavy atom. The molecule has 0 spiro atoms. The third kappa shape index (κ3) is 1.72. The molecular formula is C9H8N6S. The summed E-state index contributed by atoms with van der Waals surface area (Å²) in [5.41, 5.74) is 3.64. The molecule has 0 unspecified atom stereocenters. The van der Waals surface area contributed by atoms with Crippen molar-refractivity contribution in [3.05, 3.63) is 29.3 Å². The highest BCUT2D eigenvalue weighted by Crippen LogP contribution is 2.15. The smallest absolute Gasteiger partial charge is 0.115 e. The maximum atomic E-state index is 4.02. The summed E-state index contributed by atoms with van der Waals surface area (Å²) >= 11 is 1.35. The molecule has 0 atom stereocenters. The van der Waals surface area contributed by atoms with Gasteiger partial charge in [0, 0.05) is 11.1 Å². The van der Waals surface area contributed by atoms with Crippen LogP contribution < -0.4 is 5.32 Å². The maximum absolute atomic E-state index is 4.02. The molecule has 0 aliphatic rings. The molecule has 16 heavy (non-hydrogen) atoms. The van der Waals surface area contributed by atoms with Crippen LogP contribution in [0.25, 0.3) is 11.0 Å². The van der Waals surface area contributed by atoms with Crippen molar-refractivity contribution in [1.82, 2.24) is 25.0 Å². The van der Waals surface area contributed by atoms with Crippen LogP contribution in [0.2, 0.25) is 0 Å². The molecule has 2 N–H and O–H groups in total. The fourth-order valence-electron chi connectivity index (χ4n) is 1.40. The zero-order valence-corrected chi connectivity index (χ0v) is 9.03. The first kappa shape index (κ1) is 9.22. The zero-order valence-electron chi connectivity index (χ0n) is 8.21. The normalized spacial score (nSPS) is 10.8. The molecule has 80 valence electrons. The molecular weight excluding hydrogens is 224 g/mol. The Morgan fingerprint density at radius 3 is 3.06 bits per heavy atom. The van der Waals surface area contributed by atoms with E-state index in [9.17, 15) is 0 Å². The van der Waals surface area contributed by atoms with Gasteiger partial charge in [-0.3, -0.25) is 0 Å². The number of H-pyrrole nitrogens is 1. The summed E-state index contributed by atoms with van der Waals surface area (Å²) in [6.07, 6.45) is 0. The Kier molecular flexibility index (Phi) is 2.22. The lowest BCUT2D eigenvalue weighted by Gasteiger charge is -2.02. The third-order valence-electron chi connectivity index (χ3n) is 2.20. The molecule has 1 aromatic carbocycles. The van der Waals surface area contributed by atoms with Crippen molar-refractivity contribution in [2.45, 2.75) is 6.54 Å². The average molecular weight is 232 g/mol. The number of aromatic amines is 1. The molecule has 0 saturated carbocycles. The number of nitrogens with zero attached hydrogens (tertiary/aromatic N) is 4. The van der Waals surface area contributed by atoms with Gasteiger partial charge in [0.1, 0.15) is 11.0 Å². The number of hydrogen-bond acceptors (Lipinski definition) is 6. The maximum Gasteiger partial charge on any atom is 0.115 e. The standard InChI is InChI=1S/C9H8N6S/c1-2-8-9(13-14-12-8)3-6(1)10-4-7-5-16-15-11-7/h1-3,5,10H,4H2,(H,12,13,14). The van der Waals surface area contributed by atoms with Crippen LogP contribution in [0.1, 0.15) is 5.69 Å². The van der Waals surface area contributed by atoms with Gasteiger partial charge in [-0.15, -0.1) is 5.10 Å². The van der Waals surface area contributed by atoms with Gasteiger partial charge in [-0.2, -0.15) is 15.4 Å². The van der Waals surface area contributed by atoms with Crippen LogP contribution in [0.5, 0.6) is 0 Å². The van der Waals surface area contributed by atoms with Crippen molar-refractivity contribution in [2.75, 3.05) is 5.32 Å². The Bertz CT molecular complexity index is 587. The van der Waals surface area contributed by atoms with Gasteiger partial charge in [0.25, 0.3) is 0 Å². The van der Waals surface area contributed by atoms with Crippen molar-refractivity contribution < 1.29 is 0 Å². The lowest BCUT2D eigenvalue weighted by Crippen LogP contribution is -1.99. The van der Waals surface area contributed by atoms with E-state index in [0.717, 1.165) is 22.4 Å². The van der Waals surface area contributed by atoms with E-state index in [2.05, 4.69) is 30.3 Å². The summed E-state index contributed by atoms with van der Waals surface area (Å²) in [6.45, 7) is 0.667. The van der Waals surface area contributed by atoms with Gasteiger partial charge in [0.05, 0.1) is 12.2 Å². The van der Waals surface area contributed by atoms with Gasteiger partial charge in [0.2, 0.25) is 0 Å². The molecule has 2 heterocycles. The van der Waals surface area contributed by atoms with Crippen molar-refractivity contribution >= 4 is 28.3 Å². The molecule has 7 heteroatoms. The van der Waals surface area contributed by atoms with Gasteiger partial charge in [0.15, 0.2) is 0 Å². The highest BCUT2D eigenvalue weighted by molar-refractivity contribution is 7.03. The topological polar surface area (TPSA) is 79.4 Å². The van der Waals surface area contributed by atoms with Crippen molar-refractivity contribution in [3.63, 3.8) is 0 Å². The minimum absolute atomic E-state index is 0.667. The fourth-order valence-corrected chi connectivity index (χ4v) is 1.86. The molecule has 0 aliphatic carbocycles. The molecule has 0 fully saturated rings. The lowest BCUT2D eigenvalue weighted by molar-refractivity contribution is 0.959. The summed E-state index contributed by atoms with van der Waals surface area (Å²) in [4.78, 5) is 0. The van der Waals surface area contributed by atoms with Gasteiger partial charge >= 0.3 is 0 Å².